The molecule has 29 heavy (non-hydrogen) atoms. The molecule has 0 saturated carbocycles. The van der Waals surface area contributed by atoms with Crippen molar-refractivity contribution >= 4 is 11.8 Å². The Labute approximate surface area is 168 Å². The number of fused-ring (bicyclic) bond motifs is 1. The summed E-state index contributed by atoms with van der Waals surface area (Å²) in [5, 5.41) is 5.77. The first-order valence-electron chi connectivity index (χ1n) is 9.66. The normalized spacial score (nSPS) is 12.8. The highest BCUT2D eigenvalue weighted by Gasteiger charge is 2.27. The Hall–Kier alpha value is -3.55. The van der Waals surface area contributed by atoms with Gasteiger partial charge in [-0.05, 0) is 48.6 Å². The van der Waals surface area contributed by atoms with Gasteiger partial charge in [-0.2, -0.15) is 0 Å². The second-order valence-electron chi connectivity index (χ2n) is 6.92. The molecule has 4 heterocycles. The summed E-state index contributed by atoms with van der Waals surface area (Å²) in [6.07, 6.45) is 9.44. The molecule has 3 aromatic heterocycles. The summed E-state index contributed by atoms with van der Waals surface area (Å²) < 4.78 is 1.88. The van der Waals surface area contributed by atoms with Crippen LogP contribution in [0.15, 0.2) is 49.1 Å². The van der Waals surface area contributed by atoms with Crippen LogP contribution >= 0.6 is 0 Å². The maximum Gasteiger partial charge on any atom is 0.287 e. The minimum Gasteiger partial charge on any atom is -0.347 e. The Morgan fingerprint density at radius 1 is 0.931 bits per heavy atom. The number of carbonyl (C=O) groups is 2. The van der Waals surface area contributed by atoms with E-state index in [9.17, 15) is 9.59 Å². The fraction of sp³-hybridized carbons (Fsp3) is 0.286. The van der Waals surface area contributed by atoms with Gasteiger partial charge in [0.2, 0.25) is 0 Å². The highest BCUT2D eigenvalue weighted by Crippen LogP contribution is 2.21. The number of rotatable bonds is 6. The molecule has 0 spiro atoms. The molecule has 2 N–H and O–H groups in total. The zero-order chi connectivity index (χ0) is 20.1. The summed E-state index contributed by atoms with van der Waals surface area (Å²) in [7, 11) is 0. The van der Waals surface area contributed by atoms with Crippen LogP contribution in [0.2, 0.25) is 0 Å². The van der Waals surface area contributed by atoms with Crippen LogP contribution in [0.4, 0.5) is 0 Å². The zero-order valence-electron chi connectivity index (χ0n) is 16.0. The van der Waals surface area contributed by atoms with Crippen LogP contribution in [0.3, 0.4) is 0 Å². The minimum absolute atomic E-state index is 0.271. The first-order valence-corrected chi connectivity index (χ1v) is 9.66. The maximum atomic E-state index is 12.8. The van der Waals surface area contributed by atoms with Crippen molar-refractivity contribution in [3.63, 3.8) is 0 Å². The van der Waals surface area contributed by atoms with E-state index in [0.29, 0.717) is 31.2 Å². The van der Waals surface area contributed by atoms with Crippen LogP contribution < -0.4 is 10.6 Å². The highest BCUT2D eigenvalue weighted by molar-refractivity contribution is 5.97. The van der Waals surface area contributed by atoms with Crippen LogP contribution in [0.1, 0.15) is 50.8 Å². The number of pyridine rings is 2. The molecular formula is C21H22N6O2. The molecule has 0 aromatic carbocycles. The second-order valence-corrected chi connectivity index (χ2v) is 6.92. The molecule has 148 valence electrons. The second kappa shape index (κ2) is 8.64. The molecule has 8 nitrogen and oxygen atoms in total. The molecular weight excluding hydrogens is 368 g/mol. The molecule has 0 unspecified atom stereocenters. The Balaban J connectivity index is 1.50. The molecule has 0 saturated heterocycles. The molecule has 3 aromatic rings. The molecule has 0 bridgehead atoms. The lowest BCUT2D eigenvalue weighted by Crippen LogP contribution is -2.27. The van der Waals surface area contributed by atoms with Gasteiger partial charge < -0.3 is 15.2 Å². The number of nitrogens with one attached hydrogen (secondary N) is 2. The lowest BCUT2D eigenvalue weighted by Gasteiger charge is -2.17. The number of hydrogen-bond acceptors (Lipinski definition) is 5. The fourth-order valence-corrected chi connectivity index (χ4v) is 3.43. The molecule has 2 amide bonds. The van der Waals surface area contributed by atoms with Crippen molar-refractivity contribution in [2.75, 3.05) is 0 Å². The van der Waals surface area contributed by atoms with Crippen LogP contribution in [-0.4, -0.2) is 31.3 Å². The summed E-state index contributed by atoms with van der Waals surface area (Å²) >= 11 is 0. The van der Waals surface area contributed by atoms with E-state index in [-0.39, 0.29) is 11.8 Å². The third kappa shape index (κ3) is 4.31. The molecule has 4 rings (SSSR count). The van der Waals surface area contributed by atoms with Gasteiger partial charge in [0, 0.05) is 44.4 Å². The van der Waals surface area contributed by atoms with Crippen molar-refractivity contribution in [1.82, 2.24) is 30.2 Å². The Kier molecular flexibility index (Phi) is 5.60. The van der Waals surface area contributed by atoms with Gasteiger partial charge in [-0.3, -0.25) is 19.6 Å². The SMILES string of the molecule is O=C(NCc1cccnc1)c1nc(C(=O)NCc2ccncc2)n2c1CCCC2. The monoisotopic (exact) mass is 390 g/mol. The number of nitrogens with zero attached hydrogens (tertiary/aromatic N) is 4. The number of imidazole rings is 1. The van der Waals surface area contributed by atoms with E-state index in [1.807, 2.05) is 28.8 Å². The average Bonchev–Trinajstić information content (AvgIpc) is 3.17. The number of carbonyl (C=O) groups excluding carboxylic acids is 2. The van der Waals surface area contributed by atoms with Gasteiger partial charge in [-0.15, -0.1) is 0 Å². The van der Waals surface area contributed by atoms with Crippen molar-refractivity contribution in [3.8, 4) is 0 Å². The average molecular weight is 390 g/mol. The summed E-state index contributed by atoms with van der Waals surface area (Å²) in [6, 6.07) is 7.41. The van der Waals surface area contributed by atoms with Crippen molar-refractivity contribution in [1.29, 1.82) is 0 Å². The third-order valence-corrected chi connectivity index (χ3v) is 4.91. The van der Waals surface area contributed by atoms with Gasteiger partial charge >= 0.3 is 0 Å². The van der Waals surface area contributed by atoms with Gasteiger partial charge in [0.15, 0.2) is 5.82 Å². The standard InChI is InChI=1S/C21H22N6O2/c28-20(24-14-16-4-3-8-23-12-16)18-17-5-1-2-11-27(17)19(26-18)21(29)25-13-15-6-9-22-10-7-15/h3-4,6-10,12H,1-2,5,11,13-14H2,(H,24,28)(H,25,29). The van der Waals surface area contributed by atoms with E-state index < -0.39 is 0 Å². The van der Waals surface area contributed by atoms with E-state index in [1.54, 1.807) is 24.8 Å². The molecule has 1 aliphatic heterocycles. The first kappa shape index (κ1) is 18.8. The van der Waals surface area contributed by atoms with E-state index in [4.69, 9.17) is 0 Å². The smallest absolute Gasteiger partial charge is 0.287 e. The van der Waals surface area contributed by atoms with E-state index in [2.05, 4.69) is 25.6 Å². The Morgan fingerprint density at radius 2 is 1.72 bits per heavy atom. The fourth-order valence-electron chi connectivity index (χ4n) is 3.43. The quantitative estimate of drug-likeness (QED) is 0.669. The van der Waals surface area contributed by atoms with Gasteiger partial charge in [0.05, 0.1) is 5.69 Å². The third-order valence-electron chi connectivity index (χ3n) is 4.91. The molecule has 1 aliphatic rings. The summed E-state index contributed by atoms with van der Waals surface area (Å²) in [4.78, 5) is 38.0. The lowest BCUT2D eigenvalue weighted by atomic mass is 10.1. The molecule has 0 fully saturated rings. The first-order chi connectivity index (χ1) is 14.2. The van der Waals surface area contributed by atoms with Gasteiger partial charge in [0.1, 0.15) is 5.69 Å². The van der Waals surface area contributed by atoms with Crippen molar-refractivity contribution in [2.24, 2.45) is 0 Å². The van der Waals surface area contributed by atoms with Crippen molar-refractivity contribution < 1.29 is 9.59 Å². The van der Waals surface area contributed by atoms with Crippen LogP contribution in [0.25, 0.3) is 0 Å². The highest BCUT2D eigenvalue weighted by atomic mass is 16.2. The predicted molar refractivity (Wildman–Crippen MR) is 106 cm³/mol. The van der Waals surface area contributed by atoms with Crippen molar-refractivity contribution in [2.45, 2.75) is 38.9 Å². The molecule has 0 aliphatic carbocycles. The summed E-state index contributed by atoms with van der Waals surface area (Å²) in [5.74, 6) is -0.260. The zero-order valence-corrected chi connectivity index (χ0v) is 16.0. The van der Waals surface area contributed by atoms with Crippen molar-refractivity contribution in [3.05, 3.63) is 77.4 Å². The van der Waals surface area contributed by atoms with E-state index in [1.165, 1.54) is 0 Å². The Bertz CT molecular complexity index is 921. The van der Waals surface area contributed by atoms with Gasteiger partial charge in [-0.25, -0.2) is 4.98 Å². The maximum absolute atomic E-state index is 12.8. The van der Waals surface area contributed by atoms with Crippen LogP contribution in [0.5, 0.6) is 0 Å². The van der Waals surface area contributed by atoms with Crippen LogP contribution in [-0.2, 0) is 26.1 Å². The van der Waals surface area contributed by atoms with Gasteiger partial charge in [-0.1, -0.05) is 6.07 Å². The number of aromatic nitrogens is 4. The van der Waals surface area contributed by atoms with E-state index >= 15 is 0 Å². The molecule has 0 atom stereocenters. The van der Waals surface area contributed by atoms with E-state index in [0.717, 1.165) is 36.1 Å². The molecule has 8 heteroatoms. The minimum atomic E-state index is -0.281. The predicted octanol–water partition coefficient (Wildman–Crippen LogP) is 1.87. The number of amides is 2. The Morgan fingerprint density at radius 3 is 2.52 bits per heavy atom. The molecule has 0 radical (unpaired) electrons. The summed E-state index contributed by atoms with van der Waals surface area (Å²) in [6.45, 7) is 1.44. The van der Waals surface area contributed by atoms with Gasteiger partial charge in [0.25, 0.3) is 11.8 Å². The summed E-state index contributed by atoms with van der Waals surface area (Å²) in [5.41, 5.74) is 3.02. The lowest BCUT2D eigenvalue weighted by molar-refractivity contribution is 0.0935. The number of hydrogen-bond donors (Lipinski definition) is 2. The topological polar surface area (TPSA) is 102 Å². The largest absolute Gasteiger partial charge is 0.347 e. The van der Waals surface area contributed by atoms with Crippen LogP contribution in [0, 0.1) is 0 Å².